The predicted molar refractivity (Wildman–Crippen MR) is 65.0 cm³/mol. The lowest BCUT2D eigenvalue weighted by Crippen LogP contribution is -2.35. The summed E-state index contributed by atoms with van der Waals surface area (Å²) < 4.78 is 0. The van der Waals surface area contributed by atoms with Crippen molar-refractivity contribution in [2.24, 2.45) is 40.7 Å². The van der Waals surface area contributed by atoms with Gasteiger partial charge in [-0.1, -0.05) is 0 Å². The van der Waals surface area contributed by atoms with Crippen molar-refractivity contribution in [1.29, 1.82) is 0 Å². The number of rotatable bonds is 4. The second-order valence-corrected chi connectivity index (χ2v) is 6.94. The summed E-state index contributed by atoms with van der Waals surface area (Å²) in [4.78, 5) is 12.2. The van der Waals surface area contributed by atoms with E-state index in [1.165, 1.54) is 32.1 Å². The standard InChI is InChI=1S/C14H22N2O/c15-6-14(3-4-14)7-16-13(17)12-10-8-1-2-9(5-8)11(10)12/h8-12H,1-7,15H2,(H,16,17). The van der Waals surface area contributed by atoms with Gasteiger partial charge in [-0.05, 0) is 67.7 Å². The Morgan fingerprint density at radius 2 is 1.88 bits per heavy atom. The molecule has 0 radical (unpaired) electrons. The van der Waals surface area contributed by atoms with Gasteiger partial charge in [-0.3, -0.25) is 4.79 Å². The molecule has 94 valence electrons. The summed E-state index contributed by atoms with van der Waals surface area (Å²) in [5.74, 6) is 4.05. The fraction of sp³-hybridized carbons (Fsp3) is 0.929. The number of hydrogen-bond donors (Lipinski definition) is 2. The number of carbonyl (C=O) groups is 1. The number of carbonyl (C=O) groups excluding carboxylic acids is 1. The molecule has 3 heteroatoms. The zero-order valence-electron chi connectivity index (χ0n) is 10.3. The molecule has 1 amide bonds. The second kappa shape index (κ2) is 3.25. The number of nitrogens with two attached hydrogens (primary N) is 1. The Labute approximate surface area is 103 Å². The minimum Gasteiger partial charge on any atom is -0.355 e. The predicted octanol–water partition coefficient (Wildman–Crippen LogP) is 1.13. The maximum Gasteiger partial charge on any atom is 0.223 e. The van der Waals surface area contributed by atoms with E-state index in [1.807, 2.05) is 0 Å². The summed E-state index contributed by atoms with van der Waals surface area (Å²) in [5.41, 5.74) is 6.02. The molecule has 4 atom stereocenters. The van der Waals surface area contributed by atoms with Gasteiger partial charge in [0.15, 0.2) is 0 Å². The monoisotopic (exact) mass is 234 g/mol. The third kappa shape index (κ3) is 1.41. The molecule has 0 spiro atoms. The molecule has 4 unspecified atom stereocenters. The van der Waals surface area contributed by atoms with E-state index in [9.17, 15) is 4.79 Å². The molecule has 4 aliphatic rings. The third-order valence-electron chi connectivity index (χ3n) is 6.07. The van der Waals surface area contributed by atoms with Crippen molar-refractivity contribution in [2.45, 2.75) is 32.1 Å². The van der Waals surface area contributed by atoms with Crippen LogP contribution in [-0.2, 0) is 4.79 Å². The summed E-state index contributed by atoms with van der Waals surface area (Å²) in [5, 5.41) is 3.18. The van der Waals surface area contributed by atoms with Gasteiger partial charge in [0, 0.05) is 12.5 Å². The summed E-state index contributed by atoms with van der Waals surface area (Å²) in [7, 11) is 0. The minimum absolute atomic E-state index is 0.276. The minimum atomic E-state index is 0.276. The second-order valence-electron chi connectivity index (χ2n) is 6.94. The van der Waals surface area contributed by atoms with Crippen molar-refractivity contribution in [3.63, 3.8) is 0 Å². The van der Waals surface area contributed by atoms with Crippen LogP contribution in [0.1, 0.15) is 32.1 Å². The van der Waals surface area contributed by atoms with Crippen molar-refractivity contribution in [3.05, 3.63) is 0 Å². The van der Waals surface area contributed by atoms with Crippen LogP contribution in [0.5, 0.6) is 0 Å². The van der Waals surface area contributed by atoms with Gasteiger partial charge >= 0.3 is 0 Å². The fourth-order valence-electron chi connectivity index (χ4n) is 4.70. The highest BCUT2D eigenvalue weighted by Crippen LogP contribution is 2.69. The third-order valence-corrected chi connectivity index (χ3v) is 6.07. The van der Waals surface area contributed by atoms with Crippen molar-refractivity contribution in [3.8, 4) is 0 Å². The van der Waals surface area contributed by atoms with Crippen LogP contribution in [0, 0.1) is 35.0 Å². The van der Waals surface area contributed by atoms with Crippen molar-refractivity contribution >= 4 is 5.91 Å². The first-order valence-corrected chi connectivity index (χ1v) is 7.22. The normalized spacial score (nSPS) is 47.7. The molecular weight excluding hydrogens is 212 g/mol. The highest BCUT2D eigenvalue weighted by Gasteiger charge is 2.67. The van der Waals surface area contributed by atoms with Crippen LogP contribution >= 0.6 is 0 Å². The lowest BCUT2D eigenvalue weighted by atomic mass is 10.0. The topological polar surface area (TPSA) is 55.1 Å². The Balaban J connectivity index is 1.34. The Bertz CT molecular complexity index is 347. The molecule has 0 aromatic rings. The van der Waals surface area contributed by atoms with Gasteiger partial charge in [0.25, 0.3) is 0 Å². The average molecular weight is 234 g/mol. The van der Waals surface area contributed by atoms with Crippen LogP contribution in [0.2, 0.25) is 0 Å². The van der Waals surface area contributed by atoms with E-state index in [0.717, 1.165) is 36.8 Å². The van der Waals surface area contributed by atoms with Gasteiger partial charge in [0.1, 0.15) is 0 Å². The summed E-state index contributed by atoms with van der Waals surface area (Å²) in [6, 6.07) is 0. The van der Waals surface area contributed by atoms with Crippen molar-refractivity contribution in [2.75, 3.05) is 13.1 Å². The van der Waals surface area contributed by atoms with E-state index in [4.69, 9.17) is 5.73 Å². The molecule has 0 aliphatic heterocycles. The molecule has 4 saturated carbocycles. The van der Waals surface area contributed by atoms with Crippen LogP contribution in [0.25, 0.3) is 0 Å². The summed E-state index contributed by atoms with van der Waals surface area (Å²) in [6.45, 7) is 1.56. The van der Waals surface area contributed by atoms with Crippen LogP contribution < -0.4 is 11.1 Å². The van der Waals surface area contributed by atoms with E-state index in [0.29, 0.717) is 11.8 Å². The van der Waals surface area contributed by atoms with Gasteiger partial charge in [0.2, 0.25) is 5.91 Å². The van der Waals surface area contributed by atoms with Crippen LogP contribution in [0.15, 0.2) is 0 Å². The lowest BCUT2D eigenvalue weighted by Gasteiger charge is -2.14. The van der Waals surface area contributed by atoms with Gasteiger partial charge in [-0.2, -0.15) is 0 Å². The molecule has 4 fully saturated rings. The largest absolute Gasteiger partial charge is 0.355 e. The maximum absolute atomic E-state index is 12.2. The van der Waals surface area contributed by atoms with Gasteiger partial charge in [0.05, 0.1) is 0 Å². The van der Waals surface area contributed by atoms with E-state index >= 15 is 0 Å². The highest BCUT2D eigenvalue weighted by molar-refractivity contribution is 5.82. The Morgan fingerprint density at radius 1 is 1.24 bits per heavy atom. The summed E-state index contributed by atoms with van der Waals surface area (Å²) in [6.07, 6.45) is 6.61. The van der Waals surface area contributed by atoms with Crippen LogP contribution in [0.3, 0.4) is 0 Å². The Morgan fingerprint density at radius 3 is 2.41 bits per heavy atom. The van der Waals surface area contributed by atoms with E-state index < -0.39 is 0 Å². The summed E-state index contributed by atoms with van der Waals surface area (Å²) >= 11 is 0. The molecule has 4 rings (SSSR count). The molecule has 0 saturated heterocycles. The Kier molecular flexibility index (Phi) is 1.98. The molecule has 17 heavy (non-hydrogen) atoms. The number of nitrogens with one attached hydrogen (secondary N) is 1. The SMILES string of the molecule is NCC1(CNC(=O)C2C3C4CCC(C4)C23)CC1. The lowest BCUT2D eigenvalue weighted by molar-refractivity contribution is -0.123. The first kappa shape index (κ1) is 10.4. The zero-order valence-corrected chi connectivity index (χ0v) is 10.3. The first-order chi connectivity index (χ1) is 8.24. The quantitative estimate of drug-likeness (QED) is 0.766. The van der Waals surface area contributed by atoms with Crippen molar-refractivity contribution in [1.82, 2.24) is 5.32 Å². The molecule has 2 bridgehead atoms. The highest BCUT2D eigenvalue weighted by atomic mass is 16.2. The molecule has 0 heterocycles. The first-order valence-electron chi connectivity index (χ1n) is 7.22. The Hall–Kier alpha value is -0.570. The van der Waals surface area contributed by atoms with Gasteiger partial charge in [-0.25, -0.2) is 0 Å². The molecular formula is C14H22N2O. The van der Waals surface area contributed by atoms with E-state index in [-0.39, 0.29) is 5.41 Å². The molecule has 0 aromatic heterocycles. The number of hydrogen-bond acceptors (Lipinski definition) is 2. The smallest absolute Gasteiger partial charge is 0.223 e. The van der Waals surface area contributed by atoms with Gasteiger partial charge in [-0.15, -0.1) is 0 Å². The van der Waals surface area contributed by atoms with Crippen LogP contribution in [0.4, 0.5) is 0 Å². The molecule has 3 nitrogen and oxygen atoms in total. The molecule has 0 aromatic carbocycles. The average Bonchev–Trinajstić information content (AvgIpc) is 3.23. The molecule has 3 N–H and O–H groups in total. The number of fused-ring (bicyclic) bond motifs is 5. The van der Waals surface area contributed by atoms with Crippen LogP contribution in [-0.4, -0.2) is 19.0 Å². The molecule has 4 aliphatic carbocycles. The van der Waals surface area contributed by atoms with E-state index in [1.54, 1.807) is 0 Å². The van der Waals surface area contributed by atoms with Crippen molar-refractivity contribution < 1.29 is 4.79 Å². The maximum atomic E-state index is 12.2. The number of amides is 1. The van der Waals surface area contributed by atoms with E-state index in [2.05, 4.69) is 5.32 Å². The van der Waals surface area contributed by atoms with Gasteiger partial charge < -0.3 is 11.1 Å². The fourth-order valence-corrected chi connectivity index (χ4v) is 4.70. The zero-order chi connectivity index (χ0) is 11.6.